The Labute approximate surface area is 202 Å². The summed E-state index contributed by atoms with van der Waals surface area (Å²) in [6, 6.07) is 15.6. The summed E-state index contributed by atoms with van der Waals surface area (Å²) in [4.78, 5) is 12.6. The summed E-state index contributed by atoms with van der Waals surface area (Å²) in [5.74, 6) is -0.300. The van der Waals surface area contributed by atoms with Crippen LogP contribution in [-0.2, 0) is 20.9 Å². The Kier molecular flexibility index (Phi) is 7.62. The number of rotatable bonds is 6. The fraction of sp³-hybridized carbons (Fsp3) is 0.217. The zero-order valence-electron chi connectivity index (χ0n) is 16.9. The Morgan fingerprint density at radius 1 is 1.29 bits per heavy atom. The monoisotopic (exact) mass is 594 g/mol. The second-order valence-electron chi connectivity index (χ2n) is 6.72. The number of nitriles is 1. The van der Waals surface area contributed by atoms with Crippen LogP contribution < -0.4 is 10.5 Å². The van der Waals surface area contributed by atoms with Crippen molar-refractivity contribution in [3.63, 3.8) is 0 Å². The van der Waals surface area contributed by atoms with E-state index in [2.05, 4.69) is 44.6 Å². The average Bonchev–Trinajstić information content (AvgIpc) is 2.73. The van der Waals surface area contributed by atoms with Crippen molar-refractivity contribution in [3.8, 4) is 11.8 Å². The number of hydrogen-bond acceptors (Lipinski definition) is 6. The summed E-state index contributed by atoms with van der Waals surface area (Å²) in [7, 11) is 0. The lowest BCUT2D eigenvalue weighted by molar-refractivity contribution is -0.139. The van der Waals surface area contributed by atoms with Gasteiger partial charge in [-0.15, -0.1) is 0 Å². The Morgan fingerprint density at radius 3 is 2.61 bits per heavy atom. The molecule has 0 amide bonds. The van der Waals surface area contributed by atoms with Gasteiger partial charge in [0.05, 0.1) is 22.6 Å². The highest BCUT2D eigenvalue weighted by molar-refractivity contribution is 14.1. The summed E-state index contributed by atoms with van der Waals surface area (Å²) < 4.78 is 18.4. The third-order valence-electron chi connectivity index (χ3n) is 4.70. The number of nitrogens with two attached hydrogens (primary N) is 1. The predicted molar refractivity (Wildman–Crippen MR) is 128 cm³/mol. The average molecular weight is 595 g/mol. The summed E-state index contributed by atoms with van der Waals surface area (Å²) in [6.07, 6.45) is 0. The zero-order chi connectivity index (χ0) is 22.5. The van der Waals surface area contributed by atoms with Gasteiger partial charge in [0.1, 0.15) is 29.8 Å². The van der Waals surface area contributed by atoms with Crippen molar-refractivity contribution in [1.29, 1.82) is 5.26 Å². The fourth-order valence-electron chi connectivity index (χ4n) is 3.24. The summed E-state index contributed by atoms with van der Waals surface area (Å²) >= 11 is 5.79. The van der Waals surface area contributed by atoms with Crippen LogP contribution in [0.4, 0.5) is 0 Å². The van der Waals surface area contributed by atoms with Crippen LogP contribution in [-0.4, -0.2) is 12.6 Å². The number of carbonyl (C=O) groups excluding carboxylic acids is 1. The molecule has 0 bridgehead atoms. The van der Waals surface area contributed by atoms with Crippen LogP contribution in [0.5, 0.6) is 5.75 Å². The van der Waals surface area contributed by atoms with E-state index in [1.165, 1.54) is 0 Å². The molecule has 2 aromatic rings. The van der Waals surface area contributed by atoms with Crippen LogP contribution in [0.2, 0.25) is 0 Å². The molecule has 2 N–H and O–H groups in total. The van der Waals surface area contributed by atoms with Crippen LogP contribution in [0.3, 0.4) is 0 Å². The molecule has 0 spiro atoms. The minimum Gasteiger partial charge on any atom is -0.488 e. The molecule has 1 atom stereocenters. The third kappa shape index (κ3) is 5.22. The molecule has 0 saturated heterocycles. The number of nitrogens with zero attached hydrogens (tertiary/aromatic N) is 1. The third-order valence-corrected chi connectivity index (χ3v) is 6.04. The molecule has 2 aromatic carbocycles. The van der Waals surface area contributed by atoms with Gasteiger partial charge < -0.3 is 19.9 Å². The molecule has 8 heteroatoms. The number of esters is 1. The molecule has 31 heavy (non-hydrogen) atoms. The number of carbonyl (C=O) groups is 1. The standard InChI is InChI=1S/C23H20BrIN2O4/c1-3-29-23(28)20-13(2)31-22(27)17(11-26)21(20)15-6-9-19(18(24)10-15)30-12-14-4-7-16(25)8-5-14/h4-10,21H,3,12,27H2,1-2H3. The first-order valence-electron chi connectivity index (χ1n) is 9.47. The van der Waals surface area contributed by atoms with Crippen molar-refractivity contribution in [2.24, 2.45) is 5.73 Å². The first-order chi connectivity index (χ1) is 14.8. The van der Waals surface area contributed by atoms with E-state index in [9.17, 15) is 10.1 Å². The summed E-state index contributed by atoms with van der Waals surface area (Å²) in [5, 5.41) is 9.68. The van der Waals surface area contributed by atoms with Gasteiger partial charge in [0.15, 0.2) is 0 Å². The second kappa shape index (κ2) is 10.2. The topological polar surface area (TPSA) is 94.6 Å². The van der Waals surface area contributed by atoms with E-state index in [0.717, 1.165) is 9.13 Å². The van der Waals surface area contributed by atoms with E-state index in [1.807, 2.05) is 30.3 Å². The first-order valence-corrected chi connectivity index (χ1v) is 11.3. The van der Waals surface area contributed by atoms with Crippen LogP contribution >= 0.6 is 38.5 Å². The molecule has 1 heterocycles. The molecule has 0 radical (unpaired) electrons. The van der Waals surface area contributed by atoms with Gasteiger partial charge in [-0.25, -0.2) is 4.79 Å². The molecule has 0 saturated carbocycles. The Morgan fingerprint density at radius 2 is 2.00 bits per heavy atom. The quantitative estimate of drug-likeness (QED) is 0.361. The zero-order valence-corrected chi connectivity index (χ0v) is 20.7. The van der Waals surface area contributed by atoms with Crippen molar-refractivity contribution >= 4 is 44.5 Å². The lowest BCUT2D eigenvalue weighted by Crippen LogP contribution is -2.25. The van der Waals surface area contributed by atoms with E-state index in [-0.39, 0.29) is 23.6 Å². The van der Waals surface area contributed by atoms with Gasteiger partial charge in [0.25, 0.3) is 0 Å². The van der Waals surface area contributed by atoms with E-state index in [4.69, 9.17) is 19.9 Å². The van der Waals surface area contributed by atoms with E-state index in [1.54, 1.807) is 26.0 Å². The Bertz CT molecular complexity index is 1100. The highest BCUT2D eigenvalue weighted by Gasteiger charge is 2.36. The molecule has 1 unspecified atom stereocenters. The van der Waals surface area contributed by atoms with Gasteiger partial charge >= 0.3 is 5.97 Å². The summed E-state index contributed by atoms with van der Waals surface area (Å²) in [5.41, 5.74) is 8.10. The molecular formula is C23H20BrIN2O4. The van der Waals surface area contributed by atoms with Gasteiger partial charge in [0, 0.05) is 3.57 Å². The molecule has 3 rings (SSSR count). The molecule has 160 valence electrons. The normalized spacial score (nSPS) is 15.9. The molecular weight excluding hydrogens is 575 g/mol. The van der Waals surface area contributed by atoms with Gasteiger partial charge in [-0.1, -0.05) is 18.2 Å². The molecule has 1 aliphatic heterocycles. The largest absolute Gasteiger partial charge is 0.488 e. The van der Waals surface area contributed by atoms with E-state index in [0.29, 0.717) is 28.2 Å². The lowest BCUT2D eigenvalue weighted by Gasteiger charge is -2.27. The van der Waals surface area contributed by atoms with Crippen LogP contribution in [0.25, 0.3) is 0 Å². The van der Waals surface area contributed by atoms with Crippen molar-refractivity contribution in [2.75, 3.05) is 6.61 Å². The van der Waals surface area contributed by atoms with E-state index >= 15 is 0 Å². The molecule has 1 aliphatic rings. The van der Waals surface area contributed by atoms with E-state index < -0.39 is 11.9 Å². The SMILES string of the molecule is CCOC(=O)C1=C(C)OC(N)=C(C#N)C1c1ccc(OCc2ccc(I)cc2)c(Br)c1. The maximum Gasteiger partial charge on any atom is 0.338 e. The highest BCUT2D eigenvalue weighted by atomic mass is 127. The first kappa shape index (κ1) is 23.2. The minimum absolute atomic E-state index is 0.0202. The fourth-order valence-corrected chi connectivity index (χ4v) is 4.11. The number of halogens is 2. The van der Waals surface area contributed by atoms with Gasteiger partial charge in [-0.05, 0) is 87.8 Å². The number of ether oxygens (including phenoxy) is 3. The van der Waals surface area contributed by atoms with Gasteiger partial charge in [-0.2, -0.15) is 5.26 Å². The maximum absolute atomic E-state index is 12.6. The van der Waals surface area contributed by atoms with Crippen molar-refractivity contribution < 1.29 is 19.0 Å². The highest BCUT2D eigenvalue weighted by Crippen LogP contribution is 2.41. The molecule has 0 fully saturated rings. The number of hydrogen-bond donors (Lipinski definition) is 1. The summed E-state index contributed by atoms with van der Waals surface area (Å²) in [6.45, 7) is 3.97. The second-order valence-corrected chi connectivity index (χ2v) is 8.82. The maximum atomic E-state index is 12.6. The molecule has 0 aromatic heterocycles. The Hall–Kier alpha value is -2.51. The van der Waals surface area contributed by atoms with Gasteiger partial charge in [-0.3, -0.25) is 0 Å². The molecule has 0 aliphatic carbocycles. The Balaban J connectivity index is 1.92. The van der Waals surface area contributed by atoms with Crippen molar-refractivity contribution in [1.82, 2.24) is 0 Å². The smallest absolute Gasteiger partial charge is 0.338 e. The lowest BCUT2D eigenvalue weighted by atomic mass is 9.83. The molecule has 6 nitrogen and oxygen atoms in total. The predicted octanol–water partition coefficient (Wildman–Crippen LogP) is 5.28. The number of benzene rings is 2. The van der Waals surface area contributed by atoms with Crippen molar-refractivity contribution in [2.45, 2.75) is 26.4 Å². The van der Waals surface area contributed by atoms with Gasteiger partial charge in [0.2, 0.25) is 5.88 Å². The van der Waals surface area contributed by atoms with Crippen LogP contribution in [0.15, 0.2) is 69.7 Å². The minimum atomic E-state index is -0.695. The van der Waals surface area contributed by atoms with Crippen molar-refractivity contribution in [3.05, 3.63) is 84.4 Å². The van der Waals surface area contributed by atoms with Crippen LogP contribution in [0, 0.1) is 14.9 Å². The number of allylic oxidation sites excluding steroid dienone is 2. The van der Waals surface area contributed by atoms with Crippen LogP contribution in [0.1, 0.15) is 30.9 Å².